The van der Waals surface area contributed by atoms with Gasteiger partial charge in [-0.2, -0.15) is 5.10 Å². The SMILES string of the molecule is COC(=O)C1CCc2c(c(C(=O)NC3C4CC5CC(C4)CC3C5)nn2C2CCCCC2)C1. The molecule has 7 rings (SSSR count). The lowest BCUT2D eigenvalue weighted by molar-refractivity contribution is -0.145. The van der Waals surface area contributed by atoms with Gasteiger partial charge in [0.25, 0.3) is 5.91 Å². The third-order valence-electron chi connectivity index (χ3n) is 9.49. The van der Waals surface area contributed by atoms with Gasteiger partial charge in [0.15, 0.2) is 5.69 Å². The molecule has 1 N–H and O–H groups in total. The van der Waals surface area contributed by atoms with Gasteiger partial charge < -0.3 is 10.1 Å². The number of hydrogen-bond donors (Lipinski definition) is 1. The summed E-state index contributed by atoms with van der Waals surface area (Å²) in [5.41, 5.74) is 2.80. The number of esters is 1. The molecule has 6 aliphatic rings. The van der Waals surface area contributed by atoms with Gasteiger partial charge in [0.05, 0.1) is 19.1 Å². The second-order valence-corrected chi connectivity index (χ2v) is 11.4. The van der Waals surface area contributed by atoms with E-state index < -0.39 is 0 Å². The molecule has 0 aliphatic heterocycles. The first kappa shape index (κ1) is 20.7. The van der Waals surface area contributed by atoms with Gasteiger partial charge >= 0.3 is 5.97 Å². The summed E-state index contributed by atoms with van der Waals surface area (Å²) in [6, 6.07) is 0.709. The smallest absolute Gasteiger partial charge is 0.309 e. The molecule has 174 valence electrons. The van der Waals surface area contributed by atoms with Crippen molar-refractivity contribution in [2.45, 2.75) is 95.6 Å². The van der Waals surface area contributed by atoms with Gasteiger partial charge in [-0.15, -0.1) is 0 Å². The Balaban J connectivity index is 1.28. The van der Waals surface area contributed by atoms with Gasteiger partial charge in [0.2, 0.25) is 0 Å². The molecular weight excluding hydrogens is 402 g/mol. The van der Waals surface area contributed by atoms with Crippen LogP contribution in [0.25, 0.3) is 0 Å². The summed E-state index contributed by atoms with van der Waals surface area (Å²) in [4.78, 5) is 25.9. The molecule has 5 fully saturated rings. The molecule has 1 aromatic heterocycles. The van der Waals surface area contributed by atoms with Gasteiger partial charge in [-0.1, -0.05) is 19.3 Å². The van der Waals surface area contributed by atoms with Crippen LogP contribution in [0.4, 0.5) is 0 Å². The van der Waals surface area contributed by atoms with Crippen LogP contribution in [-0.4, -0.2) is 34.8 Å². The van der Waals surface area contributed by atoms with Crippen molar-refractivity contribution in [3.63, 3.8) is 0 Å². The minimum atomic E-state index is -0.163. The number of nitrogens with zero attached hydrogens (tertiary/aromatic N) is 2. The highest BCUT2D eigenvalue weighted by atomic mass is 16.5. The first-order valence-electron chi connectivity index (χ1n) is 13.1. The molecule has 0 spiro atoms. The van der Waals surface area contributed by atoms with E-state index in [2.05, 4.69) is 10.00 Å². The molecule has 6 aliphatic carbocycles. The Morgan fingerprint density at radius 3 is 2.31 bits per heavy atom. The van der Waals surface area contributed by atoms with Crippen LogP contribution in [0, 0.1) is 29.6 Å². The van der Waals surface area contributed by atoms with E-state index in [1.165, 1.54) is 64.2 Å². The highest BCUT2D eigenvalue weighted by Gasteiger charge is 2.49. The van der Waals surface area contributed by atoms with E-state index >= 15 is 0 Å². The standard InChI is InChI=1S/C26H37N3O3/c1-32-26(31)17-7-8-22-21(14-17)24(28-29(22)20-5-3-2-4-6-20)25(30)27-23-18-10-15-9-16(12-18)13-19(23)11-15/h15-20,23H,2-14H2,1H3,(H,27,30). The number of carbonyl (C=O) groups excluding carboxylic acids is 2. The number of rotatable bonds is 4. The van der Waals surface area contributed by atoms with Crippen molar-refractivity contribution in [2.24, 2.45) is 29.6 Å². The summed E-state index contributed by atoms with van der Waals surface area (Å²) in [5.74, 6) is 2.76. The number of hydrogen-bond acceptors (Lipinski definition) is 4. The predicted octanol–water partition coefficient (Wildman–Crippen LogP) is 4.22. The Hall–Kier alpha value is -1.85. The highest BCUT2D eigenvalue weighted by Crippen LogP contribution is 2.53. The monoisotopic (exact) mass is 439 g/mol. The zero-order chi connectivity index (χ0) is 21.8. The number of methoxy groups -OCH3 is 1. The Kier molecular flexibility index (Phi) is 5.30. The van der Waals surface area contributed by atoms with Gasteiger partial charge in [0.1, 0.15) is 0 Å². The molecule has 0 aromatic carbocycles. The van der Waals surface area contributed by atoms with E-state index in [1.807, 2.05) is 0 Å². The number of carbonyl (C=O) groups is 2. The summed E-state index contributed by atoms with van der Waals surface area (Å²) in [7, 11) is 1.46. The fraction of sp³-hybridized carbons (Fsp3) is 0.808. The summed E-state index contributed by atoms with van der Waals surface area (Å²) in [6.07, 6.45) is 14.8. The van der Waals surface area contributed by atoms with Crippen LogP contribution >= 0.6 is 0 Å². The largest absolute Gasteiger partial charge is 0.469 e. The quantitative estimate of drug-likeness (QED) is 0.713. The molecule has 1 amide bonds. The molecular formula is C26H37N3O3. The first-order chi connectivity index (χ1) is 15.6. The van der Waals surface area contributed by atoms with E-state index in [1.54, 1.807) is 0 Å². The van der Waals surface area contributed by atoms with Crippen LogP contribution in [0.2, 0.25) is 0 Å². The molecule has 0 saturated heterocycles. The lowest BCUT2D eigenvalue weighted by Crippen LogP contribution is -2.56. The van der Waals surface area contributed by atoms with Crippen LogP contribution in [0.5, 0.6) is 0 Å². The minimum absolute atomic E-state index is 0.00111. The van der Waals surface area contributed by atoms with Crippen LogP contribution in [0.3, 0.4) is 0 Å². The zero-order valence-electron chi connectivity index (χ0n) is 19.4. The molecule has 1 unspecified atom stereocenters. The molecule has 6 heteroatoms. The van der Waals surface area contributed by atoms with Crippen LogP contribution < -0.4 is 5.32 Å². The Labute approximate surface area is 190 Å². The number of ether oxygens (including phenoxy) is 1. The maximum atomic E-state index is 13.6. The van der Waals surface area contributed by atoms with Gasteiger partial charge in [-0.25, -0.2) is 0 Å². The van der Waals surface area contributed by atoms with Crippen molar-refractivity contribution in [3.8, 4) is 0 Å². The first-order valence-corrected chi connectivity index (χ1v) is 13.1. The van der Waals surface area contributed by atoms with Crippen molar-refractivity contribution >= 4 is 11.9 Å². The maximum absolute atomic E-state index is 13.6. The van der Waals surface area contributed by atoms with Crippen molar-refractivity contribution < 1.29 is 14.3 Å². The van der Waals surface area contributed by atoms with Crippen LogP contribution in [0.1, 0.15) is 98.4 Å². The molecule has 5 saturated carbocycles. The molecule has 1 aromatic rings. The van der Waals surface area contributed by atoms with Crippen molar-refractivity contribution in [1.82, 2.24) is 15.1 Å². The minimum Gasteiger partial charge on any atom is -0.469 e. The second kappa shape index (κ2) is 8.18. The highest BCUT2D eigenvalue weighted by molar-refractivity contribution is 5.94. The van der Waals surface area contributed by atoms with Crippen LogP contribution in [-0.2, 0) is 22.4 Å². The Morgan fingerprint density at radius 2 is 1.66 bits per heavy atom. The van der Waals surface area contributed by atoms with E-state index in [9.17, 15) is 9.59 Å². The van der Waals surface area contributed by atoms with E-state index in [0.717, 1.165) is 43.1 Å². The van der Waals surface area contributed by atoms with E-state index in [-0.39, 0.29) is 17.8 Å². The molecule has 32 heavy (non-hydrogen) atoms. The van der Waals surface area contributed by atoms with Gasteiger partial charge in [-0.05, 0) is 87.9 Å². The fourth-order valence-corrected chi connectivity index (χ4v) is 8.20. The number of amides is 1. The third kappa shape index (κ3) is 3.49. The predicted molar refractivity (Wildman–Crippen MR) is 120 cm³/mol. The lowest BCUT2D eigenvalue weighted by Gasteiger charge is -2.54. The summed E-state index contributed by atoms with van der Waals surface area (Å²) in [6.45, 7) is 0. The average Bonchev–Trinajstić information content (AvgIpc) is 3.20. The summed E-state index contributed by atoms with van der Waals surface area (Å²) < 4.78 is 7.24. The maximum Gasteiger partial charge on any atom is 0.309 e. The van der Waals surface area contributed by atoms with Crippen molar-refractivity contribution in [2.75, 3.05) is 7.11 Å². The molecule has 4 bridgehead atoms. The zero-order valence-corrected chi connectivity index (χ0v) is 19.4. The Bertz CT molecular complexity index is 872. The Morgan fingerprint density at radius 1 is 0.969 bits per heavy atom. The average molecular weight is 440 g/mol. The topological polar surface area (TPSA) is 73.2 Å². The number of fused-ring (bicyclic) bond motifs is 1. The summed E-state index contributed by atoms with van der Waals surface area (Å²) >= 11 is 0. The third-order valence-corrected chi connectivity index (χ3v) is 9.49. The normalized spacial score (nSPS) is 36.0. The number of nitrogens with one attached hydrogen (secondary N) is 1. The molecule has 1 atom stereocenters. The lowest BCUT2D eigenvalue weighted by atomic mass is 9.54. The van der Waals surface area contributed by atoms with E-state index in [4.69, 9.17) is 9.84 Å². The van der Waals surface area contributed by atoms with E-state index in [0.29, 0.717) is 36.0 Å². The fourth-order valence-electron chi connectivity index (χ4n) is 8.20. The van der Waals surface area contributed by atoms with Crippen molar-refractivity contribution in [1.29, 1.82) is 0 Å². The van der Waals surface area contributed by atoms with Gasteiger partial charge in [-0.3, -0.25) is 14.3 Å². The summed E-state index contributed by atoms with van der Waals surface area (Å²) in [5, 5.41) is 8.44. The molecule has 1 heterocycles. The van der Waals surface area contributed by atoms with Crippen LogP contribution in [0.15, 0.2) is 0 Å². The van der Waals surface area contributed by atoms with Crippen molar-refractivity contribution in [3.05, 3.63) is 17.0 Å². The molecule has 6 nitrogen and oxygen atoms in total. The molecule has 0 radical (unpaired) electrons. The number of aromatic nitrogens is 2. The second-order valence-electron chi connectivity index (χ2n) is 11.4. The van der Waals surface area contributed by atoms with Gasteiger partial charge in [0, 0.05) is 17.3 Å².